The fourth-order valence-electron chi connectivity index (χ4n) is 4.35. The Balaban J connectivity index is 1.75. The van der Waals surface area contributed by atoms with Gasteiger partial charge in [-0.2, -0.15) is 0 Å². The zero-order valence-electron chi connectivity index (χ0n) is 20.1. The Morgan fingerprint density at radius 3 is 1.94 bits per heavy atom. The van der Waals surface area contributed by atoms with Crippen LogP contribution in [0.1, 0.15) is 49.4 Å². The molecule has 5 nitrogen and oxygen atoms in total. The van der Waals surface area contributed by atoms with Crippen molar-refractivity contribution in [3.8, 4) is 0 Å². The van der Waals surface area contributed by atoms with Crippen LogP contribution in [-0.4, -0.2) is 50.3 Å². The fraction of sp³-hybridized carbons (Fsp3) is 0.286. The minimum absolute atomic E-state index is 0.112. The van der Waals surface area contributed by atoms with Crippen LogP contribution >= 0.6 is 0 Å². The van der Waals surface area contributed by atoms with Crippen LogP contribution in [0.5, 0.6) is 0 Å². The van der Waals surface area contributed by atoms with E-state index in [0.29, 0.717) is 33.6 Å². The molecule has 0 radical (unpaired) electrons. The van der Waals surface area contributed by atoms with Crippen LogP contribution in [0.4, 0.5) is 17.1 Å². The average Bonchev–Trinajstić information content (AvgIpc) is 2.76. The van der Waals surface area contributed by atoms with Crippen LogP contribution in [0.15, 0.2) is 54.6 Å². The molecule has 3 aromatic rings. The molecule has 0 aliphatic heterocycles. The summed E-state index contributed by atoms with van der Waals surface area (Å²) in [5, 5.41) is 6.85. The molecule has 0 saturated heterocycles. The van der Waals surface area contributed by atoms with Crippen molar-refractivity contribution in [1.82, 2.24) is 0 Å². The van der Waals surface area contributed by atoms with Gasteiger partial charge in [-0.05, 0) is 37.6 Å². The molecule has 0 bridgehead atoms. The van der Waals surface area contributed by atoms with Gasteiger partial charge in [0.25, 0.3) is 0 Å². The Morgan fingerprint density at radius 2 is 1.33 bits per heavy atom. The number of carbonyl (C=O) groups is 2. The van der Waals surface area contributed by atoms with Crippen LogP contribution in [0.25, 0.3) is 0 Å². The Hall–Kier alpha value is -3.44. The number of carbonyl (C=O) groups excluding carboxylic acids is 2. The monoisotopic (exact) mass is 442 g/mol. The molecule has 5 heteroatoms. The number of aryl methyl sites for hydroxylation is 2. The number of ketones is 2. The SMILES string of the molecule is Cc1ccc(Nc2ccc(NCCC[N+](C)(C)C)c3c2C(=O)c2ccccc2C3=O)c(C)c1. The van der Waals surface area contributed by atoms with E-state index in [-0.39, 0.29) is 11.6 Å². The van der Waals surface area contributed by atoms with E-state index in [4.69, 9.17) is 0 Å². The van der Waals surface area contributed by atoms with Crippen molar-refractivity contribution in [2.75, 3.05) is 44.9 Å². The molecule has 0 aromatic heterocycles. The Morgan fingerprint density at radius 1 is 0.758 bits per heavy atom. The molecule has 0 atom stereocenters. The van der Waals surface area contributed by atoms with Gasteiger partial charge in [0, 0.05) is 35.5 Å². The first-order valence-corrected chi connectivity index (χ1v) is 11.4. The molecule has 4 rings (SSSR count). The molecule has 0 amide bonds. The smallest absolute Gasteiger partial charge is 0.196 e. The minimum atomic E-state index is -0.123. The molecule has 0 spiro atoms. The summed E-state index contributed by atoms with van der Waals surface area (Å²) in [6, 6.07) is 17.0. The number of quaternary nitrogens is 1. The number of benzene rings is 3. The van der Waals surface area contributed by atoms with Crippen LogP contribution in [0.3, 0.4) is 0 Å². The normalized spacial score (nSPS) is 12.9. The molecule has 0 heterocycles. The maximum Gasteiger partial charge on any atom is 0.196 e. The fourth-order valence-corrected chi connectivity index (χ4v) is 4.35. The number of fused-ring (bicyclic) bond motifs is 2. The summed E-state index contributed by atoms with van der Waals surface area (Å²) < 4.78 is 0.878. The first-order chi connectivity index (χ1) is 15.7. The zero-order valence-corrected chi connectivity index (χ0v) is 20.1. The maximum absolute atomic E-state index is 13.6. The molecule has 0 unspecified atom stereocenters. The highest BCUT2D eigenvalue weighted by Gasteiger charge is 2.34. The van der Waals surface area contributed by atoms with Gasteiger partial charge < -0.3 is 15.1 Å². The standard InChI is InChI=1S/C28H31N3O2/c1-18-11-12-22(19(2)17-18)30-24-14-13-23(29-15-8-16-31(3,4)5)25-26(24)28(33)21-10-7-6-9-20(21)27(25)32/h6-7,9-14,17H,8,15-16H2,1-5H3,(H-,29,30,32,33)/p+1. The third-order valence-electron chi connectivity index (χ3n) is 6.05. The van der Waals surface area contributed by atoms with E-state index in [1.165, 1.54) is 5.56 Å². The van der Waals surface area contributed by atoms with Crippen LogP contribution in [0, 0.1) is 13.8 Å². The van der Waals surface area contributed by atoms with E-state index in [2.05, 4.69) is 44.8 Å². The molecule has 3 aromatic carbocycles. The van der Waals surface area contributed by atoms with E-state index in [0.717, 1.165) is 35.2 Å². The molecule has 1 aliphatic carbocycles. The largest absolute Gasteiger partial charge is 0.384 e. The summed E-state index contributed by atoms with van der Waals surface area (Å²) in [6.45, 7) is 5.83. The van der Waals surface area contributed by atoms with Crippen molar-refractivity contribution < 1.29 is 14.1 Å². The number of anilines is 3. The molecule has 1 aliphatic rings. The van der Waals surface area contributed by atoms with Gasteiger partial charge in [0.2, 0.25) is 0 Å². The topological polar surface area (TPSA) is 58.2 Å². The summed E-state index contributed by atoms with van der Waals surface area (Å²) in [4.78, 5) is 27.2. The van der Waals surface area contributed by atoms with Crippen molar-refractivity contribution in [3.63, 3.8) is 0 Å². The predicted octanol–water partition coefficient (Wildman–Crippen LogP) is 5.33. The molecule has 2 N–H and O–H groups in total. The quantitative estimate of drug-likeness (QED) is 0.300. The Bertz CT molecular complexity index is 1240. The van der Waals surface area contributed by atoms with E-state index < -0.39 is 0 Å². The summed E-state index contributed by atoms with van der Waals surface area (Å²) in [5.41, 5.74) is 6.37. The van der Waals surface area contributed by atoms with Crippen molar-refractivity contribution in [3.05, 3.63) is 88.0 Å². The summed E-state index contributed by atoms with van der Waals surface area (Å²) in [5.74, 6) is -0.235. The van der Waals surface area contributed by atoms with Crippen molar-refractivity contribution in [2.24, 2.45) is 0 Å². The van der Waals surface area contributed by atoms with Crippen molar-refractivity contribution >= 4 is 28.6 Å². The van der Waals surface area contributed by atoms with Crippen LogP contribution in [0.2, 0.25) is 0 Å². The second-order valence-electron chi connectivity index (χ2n) is 9.85. The van der Waals surface area contributed by atoms with E-state index in [1.807, 2.05) is 31.2 Å². The molecule has 0 saturated carbocycles. The van der Waals surface area contributed by atoms with Gasteiger partial charge >= 0.3 is 0 Å². The predicted molar refractivity (Wildman–Crippen MR) is 135 cm³/mol. The molecule has 170 valence electrons. The lowest BCUT2D eigenvalue weighted by atomic mass is 9.82. The third kappa shape index (κ3) is 4.69. The van der Waals surface area contributed by atoms with E-state index in [1.54, 1.807) is 24.3 Å². The van der Waals surface area contributed by atoms with Crippen molar-refractivity contribution in [1.29, 1.82) is 0 Å². The maximum atomic E-state index is 13.6. The lowest BCUT2D eigenvalue weighted by molar-refractivity contribution is -0.870. The minimum Gasteiger partial charge on any atom is -0.384 e. The summed E-state index contributed by atoms with van der Waals surface area (Å²) >= 11 is 0. The number of hydrogen-bond acceptors (Lipinski definition) is 4. The molecule has 33 heavy (non-hydrogen) atoms. The average molecular weight is 443 g/mol. The molecule has 0 fully saturated rings. The van der Waals surface area contributed by atoms with Gasteiger partial charge in [-0.15, -0.1) is 0 Å². The lowest BCUT2D eigenvalue weighted by Crippen LogP contribution is -2.36. The Kier molecular flexibility index (Phi) is 6.09. The summed E-state index contributed by atoms with van der Waals surface area (Å²) in [7, 11) is 6.48. The van der Waals surface area contributed by atoms with Gasteiger partial charge in [0.1, 0.15) is 0 Å². The highest BCUT2D eigenvalue weighted by molar-refractivity contribution is 6.32. The van der Waals surface area contributed by atoms with Gasteiger partial charge in [0.15, 0.2) is 11.6 Å². The van der Waals surface area contributed by atoms with Gasteiger partial charge in [-0.3, -0.25) is 9.59 Å². The van der Waals surface area contributed by atoms with E-state index >= 15 is 0 Å². The second-order valence-corrected chi connectivity index (χ2v) is 9.85. The molecular weight excluding hydrogens is 410 g/mol. The van der Waals surface area contributed by atoms with E-state index in [9.17, 15) is 9.59 Å². The van der Waals surface area contributed by atoms with Gasteiger partial charge in [-0.25, -0.2) is 0 Å². The second kappa shape index (κ2) is 8.83. The number of hydrogen-bond donors (Lipinski definition) is 2. The number of nitrogens with one attached hydrogen (secondary N) is 2. The molecular formula is C28H32N3O2+. The van der Waals surface area contributed by atoms with Crippen LogP contribution < -0.4 is 10.6 Å². The van der Waals surface area contributed by atoms with Crippen LogP contribution in [-0.2, 0) is 0 Å². The number of nitrogens with zero attached hydrogens (tertiary/aromatic N) is 1. The van der Waals surface area contributed by atoms with Gasteiger partial charge in [0.05, 0.1) is 44.5 Å². The highest BCUT2D eigenvalue weighted by atomic mass is 16.1. The van der Waals surface area contributed by atoms with Crippen molar-refractivity contribution in [2.45, 2.75) is 20.3 Å². The first-order valence-electron chi connectivity index (χ1n) is 11.4. The first kappa shape index (κ1) is 22.7. The van der Waals surface area contributed by atoms with Gasteiger partial charge in [-0.1, -0.05) is 42.0 Å². The summed E-state index contributed by atoms with van der Waals surface area (Å²) in [6.07, 6.45) is 0.958. The third-order valence-corrected chi connectivity index (χ3v) is 6.05. The zero-order chi connectivity index (χ0) is 23.8. The Labute approximate surface area is 196 Å². The number of rotatable bonds is 7. The highest BCUT2D eigenvalue weighted by Crippen LogP contribution is 2.38. The lowest BCUT2D eigenvalue weighted by Gasteiger charge is -2.25.